The van der Waals surface area contributed by atoms with Gasteiger partial charge in [0.05, 0.1) is 12.0 Å². The number of hydrogen-bond donors (Lipinski definition) is 1. The third kappa shape index (κ3) is 5.18. The van der Waals surface area contributed by atoms with E-state index in [1.807, 2.05) is 6.92 Å². The molecule has 2 N–H and O–H groups in total. The lowest BCUT2D eigenvalue weighted by atomic mass is 10.1. The Kier molecular flexibility index (Phi) is 6.36. The van der Waals surface area contributed by atoms with Gasteiger partial charge in [0.15, 0.2) is 0 Å². The molecule has 2 unspecified atom stereocenters. The highest BCUT2D eigenvalue weighted by molar-refractivity contribution is 5.71. The van der Waals surface area contributed by atoms with Crippen LogP contribution in [0.4, 0.5) is 5.82 Å². The molecular weight excluding hydrogens is 274 g/mol. The molecule has 0 aliphatic heterocycles. The molecule has 21 heavy (non-hydrogen) atoms. The second-order valence-electron chi connectivity index (χ2n) is 5.27. The van der Waals surface area contributed by atoms with Crippen molar-refractivity contribution >= 4 is 11.8 Å². The van der Waals surface area contributed by atoms with E-state index in [9.17, 15) is 9.59 Å². The molecule has 0 saturated carbocycles. The van der Waals surface area contributed by atoms with Gasteiger partial charge in [0, 0.05) is 19.3 Å². The van der Waals surface area contributed by atoms with Gasteiger partial charge in [0.25, 0.3) is 0 Å². The van der Waals surface area contributed by atoms with Gasteiger partial charge >= 0.3 is 11.7 Å². The normalized spacial score (nSPS) is 14.0. The number of esters is 1. The van der Waals surface area contributed by atoms with E-state index in [1.165, 1.54) is 4.57 Å². The number of carbonyl (C=O) groups is 1. The molecule has 0 fully saturated rings. The first-order valence-electron chi connectivity index (χ1n) is 6.89. The molecular formula is C14H23N3O4. The van der Waals surface area contributed by atoms with Crippen LogP contribution in [0.25, 0.3) is 0 Å². The molecule has 2 atom stereocenters. The summed E-state index contributed by atoms with van der Waals surface area (Å²) in [5.41, 5.74) is 5.05. The van der Waals surface area contributed by atoms with Crippen LogP contribution in [0.2, 0.25) is 0 Å². The second kappa shape index (κ2) is 7.78. The van der Waals surface area contributed by atoms with E-state index in [1.54, 1.807) is 33.2 Å². The van der Waals surface area contributed by atoms with E-state index in [0.717, 1.165) is 0 Å². The fraction of sp³-hybridized carbons (Fsp3) is 0.643. The summed E-state index contributed by atoms with van der Waals surface area (Å²) in [6.45, 7) is 5.57. The van der Waals surface area contributed by atoms with Crippen molar-refractivity contribution in [3.8, 4) is 0 Å². The van der Waals surface area contributed by atoms with Crippen LogP contribution in [0.3, 0.4) is 0 Å². The molecule has 0 bridgehead atoms. The van der Waals surface area contributed by atoms with E-state index in [4.69, 9.17) is 15.2 Å². The number of nitrogens with two attached hydrogens (primary N) is 1. The molecule has 1 heterocycles. The van der Waals surface area contributed by atoms with Crippen molar-refractivity contribution in [3.05, 3.63) is 22.7 Å². The molecule has 118 valence electrons. The van der Waals surface area contributed by atoms with Crippen molar-refractivity contribution in [2.45, 2.75) is 39.3 Å². The predicted molar refractivity (Wildman–Crippen MR) is 78.8 cm³/mol. The third-order valence-electron chi connectivity index (χ3n) is 3.15. The smallest absolute Gasteiger partial charge is 0.349 e. The Hall–Kier alpha value is -1.89. The molecule has 1 rings (SSSR count). The van der Waals surface area contributed by atoms with E-state index in [0.29, 0.717) is 6.42 Å². The van der Waals surface area contributed by atoms with Crippen molar-refractivity contribution in [1.29, 1.82) is 0 Å². The van der Waals surface area contributed by atoms with Crippen molar-refractivity contribution in [2.75, 3.05) is 19.5 Å². The summed E-state index contributed by atoms with van der Waals surface area (Å²) in [6, 6.07) is 1.42. The predicted octanol–water partition coefficient (Wildman–Crippen LogP) is 0.991. The highest BCUT2D eigenvalue weighted by Gasteiger charge is 2.18. The first-order valence-corrected chi connectivity index (χ1v) is 6.89. The van der Waals surface area contributed by atoms with Crippen molar-refractivity contribution in [2.24, 2.45) is 5.92 Å². The first kappa shape index (κ1) is 17.2. The fourth-order valence-electron chi connectivity index (χ4n) is 1.83. The molecule has 7 heteroatoms. The van der Waals surface area contributed by atoms with Gasteiger partial charge in [-0.05, 0) is 19.4 Å². The minimum Gasteiger partial charge on any atom is -0.463 e. The minimum atomic E-state index is -0.406. The lowest BCUT2D eigenvalue weighted by Gasteiger charge is -2.21. The number of rotatable bonds is 7. The Bertz CT molecular complexity index is 527. The molecule has 0 spiro atoms. The Morgan fingerprint density at radius 3 is 2.62 bits per heavy atom. The number of methoxy groups -OCH3 is 1. The zero-order valence-electron chi connectivity index (χ0n) is 12.9. The summed E-state index contributed by atoms with van der Waals surface area (Å²) in [5, 5.41) is 0. The van der Waals surface area contributed by atoms with Crippen LogP contribution >= 0.6 is 0 Å². The standard InChI is InChI=1S/C14H23N3O4/c1-9(2)13(18)21-8-11(20-4)7-10(3)17-6-5-12(15)16-14(17)19/h5-6,9-11H,7-8H2,1-4H3,(H2,15,16,19). The number of nitrogen functional groups attached to an aromatic ring is 1. The maximum absolute atomic E-state index is 11.8. The largest absolute Gasteiger partial charge is 0.463 e. The van der Waals surface area contributed by atoms with Crippen LogP contribution in [-0.4, -0.2) is 35.3 Å². The molecule has 0 amide bonds. The van der Waals surface area contributed by atoms with Crippen LogP contribution in [0.15, 0.2) is 17.1 Å². The van der Waals surface area contributed by atoms with Crippen molar-refractivity contribution in [1.82, 2.24) is 9.55 Å². The van der Waals surface area contributed by atoms with Gasteiger partial charge in [0.1, 0.15) is 12.4 Å². The lowest BCUT2D eigenvalue weighted by molar-refractivity contribution is -0.151. The first-order chi connectivity index (χ1) is 9.85. The summed E-state index contributed by atoms with van der Waals surface area (Å²) >= 11 is 0. The summed E-state index contributed by atoms with van der Waals surface area (Å²) in [4.78, 5) is 26.9. The second-order valence-corrected chi connectivity index (χ2v) is 5.27. The monoisotopic (exact) mass is 297 g/mol. The molecule has 0 aliphatic rings. The Balaban J connectivity index is 2.64. The van der Waals surface area contributed by atoms with Gasteiger partial charge in [-0.1, -0.05) is 13.8 Å². The minimum absolute atomic E-state index is 0.145. The SMILES string of the molecule is COC(COC(=O)C(C)C)CC(C)n1ccc(N)nc1=O. The maximum atomic E-state index is 11.8. The molecule has 1 aromatic heterocycles. The Morgan fingerprint density at radius 2 is 2.10 bits per heavy atom. The average Bonchev–Trinajstić information content (AvgIpc) is 2.42. The Labute approximate surface area is 124 Å². The number of nitrogens with zero attached hydrogens (tertiary/aromatic N) is 2. The third-order valence-corrected chi connectivity index (χ3v) is 3.15. The van der Waals surface area contributed by atoms with Crippen LogP contribution in [0, 0.1) is 5.92 Å². The van der Waals surface area contributed by atoms with Gasteiger partial charge in [-0.2, -0.15) is 4.98 Å². The molecule has 0 saturated heterocycles. The van der Waals surface area contributed by atoms with Gasteiger partial charge in [-0.3, -0.25) is 9.36 Å². The molecule has 0 radical (unpaired) electrons. The van der Waals surface area contributed by atoms with Crippen LogP contribution in [0.5, 0.6) is 0 Å². The number of ether oxygens (including phenoxy) is 2. The zero-order valence-corrected chi connectivity index (χ0v) is 12.9. The van der Waals surface area contributed by atoms with E-state index < -0.39 is 5.69 Å². The van der Waals surface area contributed by atoms with Gasteiger partial charge in [0.2, 0.25) is 0 Å². The van der Waals surface area contributed by atoms with Gasteiger partial charge in [-0.15, -0.1) is 0 Å². The van der Waals surface area contributed by atoms with Crippen molar-refractivity contribution in [3.63, 3.8) is 0 Å². The molecule has 0 aromatic carbocycles. The Morgan fingerprint density at radius 1 is 1.43 bits per heavy atom. The molecule has 7 nitrogen and oxygen atoms in total. The van der Waals surface area contributed by atoms with E-state index in [2.05, 4.69) is 4.98 Å². The summed E-state index contributed by atoms with van der Waals surface area (Å²) in [5.74, 6) is -0.252. The topological polar surface area (TPSA) is 96.4 Å². The number of aromatic nitrogens is 2. The van der Waals surface area contributed by atoms with Crippen LogP contribution in [-0.2, 0) is 14.3 Å². The number of carbonyl (C=O) groups excluding carboxylic acids is 1. The van der Waals surface area contributed by atoms with Gasteiger partial charge < -0.3 is 15.2 Å². The highest BCUT2D eigenvalue weighted by atomic mass is 16.6. The van der Waals surface area contributed by atoms with Crippen LogP contribution in [0.1, 0.15) is 33.2 Å². The number of hydrogen-bond acceptors (Lipinski definition) is 6. The average molecular weight is 297 g/mol. The van der Waals surface area contributed by atoms with E-state index >= 15 is 0 Å². The lowest BCUT2D eigenvalue weighted by Crippen LogP contribution is -2.30. The zero-order chi connectivity index (χ0) is 16.0. The highest BCUT2D eigenvalue weighted by Crippen LogP contribution is 2.14. The fourth-order valence-corrected chi connectivity index (χ4v) is 1.83. The van der Waals surface area contributed by atoms with Crippen molar-refractivity contribution < 1.29 is 14.3 Å². The summed E-state index contributed by atoms with van der Waals surface area (Å²) in [6.07, 6.45) is 1.84. The summed E-state index contributed by atoms with van der Waals surface area (Å²) in [7, 11) is 1.55. The quantitative estimate of drug-likeness (QED) is 0.754. The molecule has 0 aliphatic carbocycles. The maximum Gasteiger partial charge on any atom is 0.349 e. The van der Waals surface area contributed by atoms with E-state index in [-0.39, 0.29) is 36.5 Å². The summed E-state index contributed by atoms with van der Waals surface area (Å²) < 4.78 is 11.9. The number of anilines is 1. The van der Waals surface area contributed by atoms with Gasteiger partial charge in [-0.25, -0.2) is 4.79 Å². The molecule has 1 aromatic rings. The van der Waals surface area contributed by atoms with Crippen LogP contribution < -0.4 is 11.4 Å².